The molecule has 5 N–H and O–H groups in total. The molecule has 0 rings (SSSR count). The van der Waals surface area contributed by atoms with Crippen molar-refractivity contribution < 1.29 is 19.4 Å². The predicted octanol–water partition coefficient (Wildman–Crippen LogP) is -2.67. The van der Waals surface area contributed by atoms with E-state index in [1.807, 2.05) is 0 Å². The number of nitrogens with two attached hydrogens (primary N) is 2. The Morgan fingerprint density at radius 2 is 1.82 bits per heavy atom. The molecule has 6 heteroatoms. The van der Waals surface area contributed by atoms with Gasteiger partial charge in [0, 0.05) is 7.11 Å². The number of amides is 2. The van der Waals surface area contributed by atoms with Crippen LogP contribution in [0.2, 0.25) is 0 Å². The van der Waals surface area contributed by atoms with Gasteiger partial charge < -0.3 is 21.3 Å². The molecule has 64 valence electrons. The minimum Gasteiger partial charge on any atom is -0.380 e. The predicted molar refractivity (Wildman–Crippen MR) is 35.2 cm³/mol. The van der Waals surface area contributed by atoms with Crippen molar-refractivity contribution in [2.45, 2.75) is 12.2 Å². The summed E-state index contributed by atoms with van der Waals surface area (Å²) in [6.07, 6.45) is -3.05. The Morgan fingerprint density at radius 1 is 1.36 bits per heavy atom. The number of hydrogen-bond donors (Lipinski definition) is 3. The van der Waals surface area contributed by atoms with E-state index in [1.165, 1.54) is 0 Å². The molecule has 2 atom stereocenters. The maximum Gasteiger partial charge on any atom is 0.249 e. The second-order valence-corrected chi connectivity index (χ2v) is 1.91. The van der Waals surface area contributed by atoms with E-state index in [1.54, 1.807) is 0 Å². The van der Waals surface area contributed by atoms with Gasteiger partial charge in [-0.05, 0) is 0 Å². The first-order valence-electron chi connectivity index (χ1n) is 2.80. The summed E-state index contributed by atoms with van der Waals surface area (Å²) in [4.78, 5) is 20.7. The normalized spacial score (nSPS) is 15.5. The Morgan fingerprint density at radius 3 is 1.91 bits per heavy atom. The zero-order valence-electron chi connectivity index (χ0n) is 5.98. The van der Waals surface area contributed by atoms with Crippen LogP contribution in [0, 0.1) is 0 Å². The Bertz CT molecular complexity index is 170. The molecule has 0 unspecified atom stereocenters. The second-order valence-electron chi connectivity index (χ2n) is 1.91. The van der Waals surface area contributed by atoms with Crippen LogP contribution in [0.15, 0.2) is 0 Å². The summed E-state index contributed by atoms with van der Waals surface area (Å²) in [7, 11) is 1.14. The van der Waals surface area contributed by atoms with Gasteiger partial charge in [-0.2, -0.15) is 0 Å². The third kappa shape index (κ3) is 2.52. The summed E-state index contributed by atoms with van der Waals surface area (Å²) in [5, 5.41) is 8.86. The number of carbonyl (C=O) groups excluding carboxylic acids is 2. The minimum atomic E-state index is -1.68. The highest BCUT2D eigenvalue weighted by Crippen LogP contribution is 1.95. The molecular formula is C5H10N2O4. The first-order chi connectivity index (χ1) is 5.00. The lowest BCUT2D eigenvalue weighted by molar-refractivity contribution is -0.144. The van der Waals surface area contributed by atoms with Gasteiger partial charge in [0.1, 0.15) is 0 Å². The summed E-state index contributed by atoms with van der Waals surface area (Å²) < 4.78 is 4.41. The van der Waals surface area contributed by atoms with Crippen LogP contribution in [0.5, 0.6) is 0 Å². The van der Waals surface area contributed by atoms with Crippen LogP contribution in [0.3, 0.4) is 0 Å². The Kier molecular flexibility index (Phi) is 3.49. The molecule has 0 aliphatic carbocycles. The Labute approximate surface area is 63.1 Å². The lowest BCUT2D eigenvalue weighted by atomic mass is 10.2. The minimum absolute atomic E-state index is 0.932. The van der Waals surface area contributed by atoms with Gasteiger partial charge in [-0.1, -0.05) is 0 Å². The number of carbonyl (C=O) groups is 2. The topological polar surface area (TPSA) is 116 Å². The highest BCUT2D eigenvalue weighted by Gasteiger charge is 2.28. The standard InChI is InChI=1S/C5H10N2O4/c1-11-3(5(7)10)2(8)4(6)9/h2-3,8H,1H3,(H2,6,9)(H2,7,10)/t2-,3-/m1/s1. The van der Waals surface area contributed by atoms with Gasteiger partial charge in [-0.15, -0.1) is 0 Å². The van der Waals surface area contributed by atoms with Gasteiger partial charge in [0.05, 0.1) is 0 Å². The van der Waals surface area contributed by atoms with Crippen molar-refractivity contribution in [3.8, 4) is 0 Å². The molecule has 0 fully saturated rings. The molecule has 0 aromatic rings. The summed E-state index contributed by atoms with van der Waals surface area (Å²) in [5.74, 6) is -1.98. The largest absolute Gasteiger partial charge is 0.380 e. The molecule has 0 aliphatic rings. The van der Waals surface area contributed by atoms with Crippen molar-refractivity contribution in [3.63, 3.8) is 0 Å². The molecule has 0 aliphatic heterocycles. The van der Waals surface area contributed by atoms with Crippen LogP contribution in [-0.4, -0.2) is 36.2 Å². The van der Waals surface area contributed by atoms with Crippen LogP contribution in [0.4, 0.5) is 0 Å². The smallest absolute Gasteiger partial charge is 0.249 e. The van der Waals surface area contributed by atoms with E-state index in [9.17, 15) is 9.59 Å². The van der Waals surface area contributed by atoms with Crippen molar-refractivity contribution >= 4 is 11.8 Å². The molecule has 0 spiro atoms. The highest BCUT2D eigenvalue weighted by molar-refractivity contribution is 5.89. The zero-order valence-corrected chi connectivity index (χ0v) is 5.98. The van der Waals surface area contributed by atoms with Gasteiger partial charge in [0.15, 0.2) is 12.2 Å². The molecule has 0 aromatic heterocycles. The van der Waals surface area contributed by atoms with Gasteiger partial charge in [0.2, 0.25) is 11.8 Å². The molecular weight excluding hydrogens is 152 g/mol. The van der Waals surface area contributed by atoms with Crippen LogP contribution >= 0.6 is 0 Å². The fraction of sp³-hybridized carbons (Fsp3) is 0.600. The first kappa shape index (κ1) is 9.86. The summed E-state index contributed by atoms with van der Waals surface area (Å²) in [6, 6.07) is 0. The maximum absolute atomic E-state index is 10.4. The van der Waals surface area contributed by atoms with E-state index in [2.05, 4.69) is 10.5 Å². The lowest BCUT2D eigenvalue weighted by Crippen LogP contribution is -2.47. The van der Waals surface area contributed by atoms with Crippen LogP contribution < -0.4 is 11.5 Å². The summed E-state index contributed by atoms with van der Waals surface area (Å²) >= 11 is 0. The molecule has 0 saturated carbocycles. The molecule has 2 amide bonds. The average molecular weight is 162 g/mol. The number of aliphatic hydroxyl groups is 1. The fourth-order valence-electron chi connectivity index (χ4n) is 0.550. The number of primary amides is 2. The van der Waals surface area contributed by atoms with Crippen LogP contribution in [0.1, 0.15) is 0 Å². The molecule has 11 heavy (non-hydrogen) atoms. The van der Waals surface area contributed by atoms with Crippen molar-refractivity contribution in [3.05, 3.63) is 0 Å². The lowest BCUT2D eigenvalue weighted by Gasteiger charge is -2.14. The second kappa shape index (κ2) is 3.89. The molecule has 0 radical (unpaired) electrons. The number of rotatable bonds is 4. The van der Waals surface area contributed by atoms with Gasteiger partial charge in [0.25, 0.3) is 0 Å². The van der Waals surface area contributed by atoms with Crippen molar-refractivity contribution in [2.24, 2.45) is 11.5 Å². The van der Waals surface area contributed by atoms with E-state index in [0.717, 1.165) is 7.11 Å². The molecule has 0 saturated heterocycles. The van der Waals surface area contributed by atoms with E-state index >= 15 is 0 Å². The van der Waals surface area contributed by atoms with E-state index < -0.39 is 24.0 Å². The Balaban J connectivity index is 4.25. The van der Waals surface area contributed by atoms with Crippen molar-refractivity contribution in [1.29, 1.82) is 0 Å². The van der Waals surface area contributed by atoms with E-state index in [4.69, 9.17) is 10.8 Å². The molecule has 6 nitrogen and oxygen atoms in total. The fourth-order valence-corrected chi connectivity index (χ4v) is 0.550. The van der Waals surface area contributed by atoms with Gasteiger partial charge in [-0.25, -0.2) is 0 Å². The Hall–Kier alpha value is -1.14. The van der Waals surface area contributed by atoms with Crippen LogP contribution in [-0.2, 0) is 14.3 Å². The van der Waals surface area contributed by atoms with E-state index in [-0.39, 0.29) is 0 Å². The first-order valence-corrected chi connectivity index (χ1v) is 2.80. The van der Waals surface area contributed by atoms with Gasteiger partial charge in [-0.3, -0.25) is 9.59 Å². The van der Waals surface area contributed by atoms with Crippen molar-refractivity contribution in [2.75, 3.05) is 7.11 Å². The third-order valence-electron chi connectivity index (χ3n) is 1.11. The summed E-state index contributed by atoms with van der Waals surface area (Å²) in [5.41, 5.74) is 9.43. The van der Waals surface area contributed by atoms with Crippen LogP contribution in [0.25, 0.3) is 0 Å². The highest BCUT2D eigenvalue weighted by atomic mass is 16.5. The SMILES string of the molecule is CO[C@@H](C(N)=O)[C@@H](O)C(N)=O. The quantitative estimate of drug-likeness (QED) is 0.418. The maximum atomic E-state index is 10.4. The number of aliphatic hydroxyl groups excluding tert-OH is 1. The monoisotopic (exact) mass is 162 g/mol. The molecule has 0 bridgehead atoms. The molecule has 0 heterocycles. The zero-order chi connectivity index (χ0) is 9.02. The summed E-state index contributed by atoms with van der Waals surface area (Å²) in [6.45, 7) is 0. The van der Waals surface area contributed by atoms with Crippen molar-refractivity contribution in [1.82, 2.24) is 0 Å². The molecule has 0 aromatic carbocycles. The van der Waals surface area contributed by atoms with Gasteiger partial charge >= 0.3 is 0 Å². The average Bonchev–Trinajstić information content (AvgIpc) is 1.88. The number of ether oxygens (including phenoxy) is 1. The number of hydrogen-bond acceptors (Lipinski definition) is 4. The third-order valence-corrected chi connectivity index (χ3v) is 1.11. The van der Waals surface area contributed by atoms with E-state index in [0.29, 0.717) is 0 Å². The number of methoxy groups -OCH3 is 1.